The molecule has 0 spiro atoms. The summed E-state index contributed by atoms with van der Waals surface area (Å²) in [6, 6.07) is -1.08. The molecular weight excluding hydrogens is 607 g/mol. The lowest BCUT2D eigenvalue weighted by Crippen LogP contribution is -2.46. The van der Waals surface area contributed by atoms with Gasteiger partial charge in [0.2, 0.25) is 5.91 Å². The normalized spacial score (nSPS) is 14.4. The molecule has 0 aliphatic rings. The molecule has 6 nitrogen and oxygen atoms in total. The van der Waals surface area contributed by atoms with Crippen molar-refractivity contribution in [3.05, 3.63) is 85.1 Å². The second-order valence-electron chi connectivity index (χ2n) is 12.1. The van der Waals surface area contributed by atoms with E-state index < -0.39 is 28.0 Å². The van der Waals surface area contributed by atoms with Gasteiger partial charge in [-0.3, -0.25) is 9.35 Å². The van der Waals surface area contributed by atoms with Crippen LogP contribution >= 0.6 is 0 Å². The lowest BCUT2D eigenvalue weighted by Gasteiger charge is -2.21. The molecule has 0 radical (unpaired) electrons. The zero-order chi connectivity index (χ0) is 34.7. The van der Waals surface area contributed by atoms with Gasteiger partial charge < -0.3 is 10.4 Å². The van der Waals surface area contributed by atoms with Gasteiger partial charge in [0, 0.05) is 6.42 Å². The summed E-state index contributed by atoms with van der Waals surface area (Å²) in [5, 5.41) is 13.1. The number of hydrogen-bond donors (Lipinski definition) is 3. The SMILES string of the molecule is C/C=C/CC/C=C/CC/C=C/C(O)C(CS(=O)(=O)O)NC(=O)CCCCCCCCCCCC/C=C\C/C=C\C/C=C\C/C=C\CC. The van der Waals surface area contributed by atoms with Crippen LogP contribution in [0.2, 0.25) is 0 Å². The molecule has 3 N–H and O–H groups in total. The minimum Gasteiger partial charge on any atom is -0.387 e. The van der Waals surface area contributed by atoms with Crippen molar-refractivity contribution < 1.29 is 22.9 Å². The number of allylic oxidation sites excluding steroid dienone is 13. The molecule has 0 saturated carbocycles. The Balaban J connectivity index is 3.91. The van der Waals surface area contributed by atoms with Crippen molar-refractivity contribution in [2.45, 2.75) is 154 Å². The van der Waals surface area contributed by atoms with Crippen LogP contribution in [-0.4, -0.2) is 41.9 Å². The highest BCUT2D eigenvalue weighted by molar-refractivity contribution is 7.85. The topological polar surface area (TPSA) is 104 Å². The van der Waals surface area contributed by atoms with Crippen LogP contribution in [0.3, 0.4) is 0 Å². The van der Waals surface area contributed by atoms with E-state index in [4.69, 9.17) is 0 Å². The number of aliphatic hydroxyl groups is 1. The van der Waals surface area contributed by atoms with Crippen LogP contribution in [0.4, 0.5) is 0 Å². The number of carbonyl (C=O) groups is 1. The van der Waals surface area contributed by atoms with Crippen molar-refractivity contribution >= 4 is 16.0 Å². The van der Waals surface area contributed by atoms with Gasteiger partial charge in [-0.05, 0) is 77.6 Å². The van der Waals surface area contributed by atoms with Crippen molar-refractivity contribution in [1.29, 1.82) is 0 Å². The molecule has 0 aromatic carbocycles. The largest absolute Gasteiger partial charge is 0.387 e. The molecule has 0 aliphatic carbocycles. The molecule has 0 aliphatic heterocycles. The molecule has 268 valence electrons. The zero-order valence-electron chi connectivity index (χ0n) is 29.6. The van der Waals surface area contributed by atoms with E-state index in [2.05, 4.69) is 79.1 Å². The first-order valence-electron chi connectivity index (χ1n) is 18.3. The Morgan fingerprint density at radius 1 is 0.617 bits per heavy atom. The molecule has 0 aromatic heterocycles. The average Bonchev–Trinajstić information content (AvgIpc) is 3.03. The van der Waals surface area contributed by atoms with Gasteiger partial charge in [-0.1, -0.05) is 143 Å². The molecule has 0 heterocycles. The van der Waals surface area contributed by atoms with E-state index in [1.165, 1.54) is 44.6 Å². The fourth-order valence-corrected chi connectivity index (χ4v) is 5.68. The molecule has 7 heteroatoms. The summed E-state index contributed by atoms with van der Waals surface area (Å²) >= 11 is 0. The van der Waals surface area contributed by atoms with Crippen LogP contribution in [0.25, 0.3) is 0 Å². The van der Waals surface area contributed by atoms with E-state index in [0.29, 0.717) is 12.8 Å². The Kier molecular flexibility index (Phi) is 31.7. The van der Waals surface area contributed by atoms with E-state index in [9.17, 15) is 22.9 Å². The van der Waals surface area contributed by atoms with Crippen LogP contribution in [0.1, 0.15) is 142 Å². The maximum Gasteiger partial charge on any atom is 0.267 e. The van der Waals surface area contributed by atoms with Crippen molar-refractivity contribution in [1.82, 2.24) is 5.32 Å². The Morgan fingerprint density at radius 2 is 1.06 bits per heavy atom. The van der Waals surface area contributed by atoms with E-state index in [-0.39, 0.29) is 12.3 Å². The highest BCUT2D eigenvalue weighted by Gasteiger charge is 2.24. The van der Waals surface area contributed by atoms with E-state index >= 15 is 0 Å². The van der Waals surface area contributed by atoms with Crippen LogP contribution in [0.5, 0.6) is 0 Å². The minimum atomic E-state index is -4.35. The molecule has 2 atom stereocenters. The van der Waals surface area contributed by atoms with Gasteiger partial charge in [0.25, 0.3) is 10.1 Å². The first kappa shape index (κ1) is 44.5. The fraction of sp³-hybridized carbons (Fsp3) is 0.625. The lowest BCUT2D eigenvalue weighted by atomic mass is 10.0. The molecule has 0 rings (SSSR count). The van der Waals surface area contributed by atoms with Gasteiger partial charge in [0.1, 0.15) is 0 Å². The first-order chi connectivity index (χ1) is 22.8. The Bertz CT molecular complexity index is 1050. The van der Waals surface area contributed by atoms with Crippen LogP contribution in [0.15, 0.2) is 85.1 Å². The molecule has 1 amide bonds. The fourth-order valence-electron chi connectivity index (χ4n) is 4.95. The average molecular weight is 674 g/mol. The number of aliphatic hydroxyl groups excluding tert-OH is 1. The monoisotopic (exact) mass is 673 g/mol. The molecule has 0 aromatic rings. The summed E-state index contributed by atoms with van der Waals surface area (Å²) in [6.45, 7) is 4.15. The van der Waals surface area contributed by atoms with Crippen LogP contribution in [-0.2, 0) is 14.9 Å². The number of unbranched alkanes of at least 4 members (excludes halogenated alkanes) is 12. The van der Waals surface area contributed by atoms with Gasteiger partial charge in [0.05, 0.1) is 17.9 Å². The first-order valence-corrected chi connectivity index (χ1v) is 19.9. The van der Waals surface area contributed by atoms with Crippen molar-refractivity contribution in [3.8, 4) is 0 Å². The molecule has 0 fully saturated rings. The summed E-state index contributed by atoms with van der Waals surface area (Å²) in [5.41, 5.74) is 0. The van der Waals surface area contributed by atoms with E-state index in [1.54, 1.807) is 6.08 Å². The number of amides is 1. The maximum atomic E-state index is 12.4. The summed E-state index contributed by atoms with van der Waals surface area (Å²) in [5.74, 6) is -1.03. The van der Waals surface area contributed by atoms with Crippen LogP contribution < -0.4 is 5.32 Å². The van der Waals surface area contributed by atoms with E-state index in [0.717, 1.165) is 70.6 Å². The van der Waals surface area contributed by atoms with Gasteiger partial charge in [0.15, 0.2) is 0 Å². The highest BCUT2D eigenvalue weighted by Crippen LogP contribution is 2.13. The second-order valence-corrected chi connectivity index (χ2v) is 13.6. The summed E-state index contributed by atoms with van der Waals surface area (Å²) in [7, 11) is -4.35. The summed E-state index contributed by atoms with van der Waals surface area (Å²) < 4.78 is 32.2. The van der Waals surface area contributed by atoms with Crippen molar-refractivity contribution in [3.63, 3.8) is 0 Å². The number of nitrogens with one attached hydrogen (secondary N) is 1. The highest BCUT2D eigenvalue weighted by atomic mass is 32.2. The Morgan fingerprint density at radius 3 is 1.60 bits per heavy atom. The van der Waals surface area contributed by atoms with Gasteiger partial charge in [-0.15, -0.1) is 0 Å². The quantitative estimate of drug-likeness (QED) is 0.0386. The number of hydrogen-bond acceptors (Lipinski definition) is 4. The van der Waals surface area contributed by atoms with E-state index in [1.807, 2.05) is 13.0 Å². The van der Waals surface area contributed by atoms with Crippen molar-refractivity contribution in [2.24, 2.45) is 0 Å². The minimum absolute atomic E-state index is 0.274. The Hall–Kier alpha value is -2.48. The van der Waals surface area contributed by atoms with Crippen molar-refractivity contribution in [2.75, 3.05) is 5.75 Å². The zero-order valence-corrected chi connectivity index (χ0v) is 30.4. The summed E-state index contributed by atoms with van der Waals surface area (Å²) in [6.07, 6.45) is 48.8. The Labute approximate surface area is 288 Å². The lowest BCUT2D eigenvalue weighted by molar-refractivity contribution is -0.122. The third-order valence-corrected chi connectivity index (χ3v) is 8.41. The van der Waals surface area contributed by atoms with Gasteiger partial charge >= 0.3 is 0 Å². The predicted octanol–water partition coefficient (Wildman–Crippen LogP) is 10.5. The second kappa shape index (κ2) is 33.4. The summed E-state index contributed by atoms with van der Waals surface area (Å²) in [4.78, 5) is 12.4. The predicted molar refractivity (Wildman–Crippen MR) is 202 cm³/mol. The third kappa shape index (κ3) is 34.7. The number of rotatable bonds is 31. The molecule has 47 heavy (non-hydrogen) atoms. The molecule has 0 saturated heterocycles. The van der Waals surface area contributed by atoms with Crippen LogP contribution in [0, 0.1) is 0 Å². The number of carbonyl (C=O) groups excluding carboxylic acids is 1. The van der Waals surface area contributed by atoms with Gasteiger partial charge in [-0.2, -0.15) is 8.42 Å². The third-order valence-electron chi connectivity index (χ3n) is 7.63. The van der Waals surface area contributed by atoms with Gasteiger partial charge in [-0.25, -0.2) is 0 Å². The molecule has 2 unspecified atom stereocenters. The molecule has 0 bridgehead atoms. The standard InChI is InChI=1S/C40H67NO5S/c1-3-5-7-9-11-13-14-15-16-17-18-19-20-21-22-23-24-25-26-28-30-32-34-36-40(43)41-38(37-47(44,45)46)39(42)35-33-31-29-27-12-10-8-6-4-2/h4-7,11-13,15-16,18-19,27,33,35,38-39,42H,3,8-10,14,17,20-26,28-32,34,36-37H2,1-2H3,(H,41,43)(H,44,45,46)/b6-4+,7-5-,13-11-,16-15-,19-18-,27-12+,35-33+. The maximum absolute atomic E-state index is 12.4. The smallest absolute Gasteiger partial charge is 0.267 e. The molecular formula is C40H67NO5S.